The van der Waals surface area contributed by atoms with Crippen molar-refractivity contribution in [3.05, 3.63) is 11.6 Å². The van der Waals surface area contributed by atoms with E-state index < -0.39 is 6.10 Å². The van der Waals surface area contributed by atoms with Gasteiger partial charge < -0.3 is 10.2 Å². The molecule has 0 amide bonds. The highest BCUT2D eigenvalue weighted by atomic mass is 16.3. The van der Waals surface area contributed by atoms with Crippen LogP contribution in [0.3, 0.4) is 0 Å². The Balaban J connectivity index is 1.70. The van der Waals surface area contributed by atoms with Crippen LogP contribution in [-0.2, 0) is 4.79 Å². The number of aliphatic hydroxyl groups excluding tert-OH is 2. The quantitative estimate of drug-likeness (QED) is 0.677. The first-order chi connectivity index (χ1) is 10.4. The third kappa shape index (κ3) is 1.78. The molecule has 3 heteroatoms. The minimum absolute atomic E-state index is 0.0925. The summed E-state index contributed by atoms with van der Waals surface area (Å²) in [4.78, 5) is 12.4. The van der Waals surface area contributed by atoms with Crippen LogP contribution in [0.4, 0.5) is 0 Å². The molecule has 0 radical (unpaired) electrons. The first kappa shape index (κ1) is 14.9. The Bertz CT molecular complexity index is 539. The van der Waals surface area contributed by atoms with Crippen LogP contribution in [0.5, 0.6) is 0 Å². The van der Waals surface area contributed by atoms with Crippen molar-refractivity contribution >= 4 is 5.78 Å². The minimum Gasteiger partial charge on any atom is -0.393 e. The number of fused-ring (bicyclic) bond motifs is 5. The molecule has 0 unspecified atom stereocenters. The molecule has 4 aliphatic carbocycles. The van der Waals surface area contributed by atoms with Gasteiger partial charge in [-0.05, 0) is 68.1 Å². The maximum atomic E-state index is 12.4. The van der Waals surface area contributed by atoms with E-state index in [9.17, 15) is 15.0 Å². The Labute approximate surface area is 132 Å². The Morgan fingerprint density at radius 2 is 1.82 bits per heavy atom. The van der Waals surface area contributed by atoms with Gasteiger partial charge >= 0.3 is 0 Å². The number of ketones is 1. The predicted octanol–water partition coefficient (Wildman–Crippen LogP) is 2.85. The van der Waals surface area contributed by atoms with E-state index in [0.29, 0.717) is 24.2 Å². The summed E-state index contributed by atoms with van der Waals surface area (Å²) in [6.45, 7) is 4.48. The van der Waals surface area contributed by atoms with Crippen molar-refractivity contribution in [1.29, 1.82) is 0 Å². The summed E-state index contributed by atoms with van der Waals surface area (Å²) in [6.07, 6.45) is 8.00. The van der Waals surface area contributed by atoms with E-state index in [1.165, 1.54) is 5.57 Å². The van der Waals surface area contributed by atoms with Crippen molar-refractivity contribution in [2.45, 2.75) is 71.0 Å². The number of hydrogen-bond donors (Lipinski definition) is 2. The highest BCUT2D eigenvalue weighted by Gasteiger charge is 2.60. The molecule has 4 aliphatic rings. The molecule has 4 rings (SSSR count). The van der Waals surface area contributed by atoms with Crippen LogP contribution in [0.2, 0.25) is 0 Å². The van der Waals surface area contributed by atoms with Crippen molar-refractivity contribution in [3.8, 4) is 0 Å². The molecule has 3 nitrogen and oxygen atoms in total. The second kappa shape index (κ2) is 4.67. The lowest BCUT2D eigenvalue weighted by molar-refractivity contribution is -0.136. The van der Waals surface area contributed by atoms with Crippen molar-refractivity contribution in [2.75, 3.05) is 0 Å². The molecule has 122 valence electrons. The second-order valence-corrected chi connectivity index (χ2v) is 8.73. The fourth-order valence-electron chi connectivity index (χ4n) is 6.43. The molecule has 0 heterocycles. The van der Waals surface area contributed by atoms with E-state index in [-0.39, 0.29) is 22.7 Å². The average molecular weight is 304 g/mol. The van der Waals surface area contributed by atoms with Crippen LogP contribution in [0.1, 0.15) is 58.8 Å². The molecule has 3 saturated carbocycles. The molecule has 0 aliphatic heterocycles. The van der Waals surface area contributed by atoms with Crippen LogP contribution < -0.4 is 0 Å². The third-order valence-electron chi connectivity index (χ3n) is 7.81. The lowest BCUT2D eigenvalue weighted by Crippen LogP contribution is -2.50. The van der Waals surface area contributed by atoms with Gasteiger partial charge in [0.15, 0.2) is 5.78 Å². The maximum absolute atomic E-state index is 12.4. The molecule has 0 aromatic rings. The predicted molar refractivity (Wildman–Crippen MR) is 84.1 cm³/mol. The van der Waals surface area contributed by atoms with Crippen molar-refractivity contribution in [2.24, 2.45) is 28.6 Å². The smallest absolute Gasteiger partial charge is 0.167 e. The van der Waals surface area contributed by atoms with Gasteiger partial charge in [-0.2, -0.15) is 0 Å². The largest absolute Gasteiger partial charge is 0.393 e. The van der Waals surface area contributed by atoms with Crippen LogP contribution in [0.25, 0.3) is 0 Å². The van der Waals surface area contributed by atoms with Gasteiger partial charge in [-0.15, -0.1) is 0 Å². The van der Waals surface area contributed by atoms with Gasteiger partial charge in [0, 0.05) is 5.41 Å². The van der Waals surface area contributed by atoms with Gasteiger partial charge in [0.05, 0.1) is 6.10 Å². The molecule has 2 N–H and O–H groups in total. The fraction of sp³-hybridized carbons (Fsp3) is 0.842. The van der Waals surface area contributed by atoms with Crippen LogP contribution in [0.15, 0.2) is 11.6 Å². The van der Waals surface area contributed by atoms with Crippen LogP contribution in [-0.4, -0.2) is 28.2 Å². The highest BCUT2D eigenvalue weighted by Crippen LogP contribution is 2.63. The van der Waals surface area contributed by atoms with Crippen LogP contribution in [0, 0.1) is 28.6 Å². The molecule has 0 aromatic carbocycles. The number of rotatable bonds is 0. The van der Waals surface area contributed by atoms with Crippen molar-refractivity contribution in [1.82, 2.24) is 0 Å². The third-order valence-corrected chi connectivity index (χ3v) is 7.81. The van der Waals surface area contributed by atoms with Gasteiger partial charge in [-0.25, -0.2) is 0 Å². The zero-order valence-electron chi connectivity index (χ0n) is 13.7. The Morgan fingerprint density at radius 1 is 1.09 bits per heavy atom. The molecule has 0 bridgehead atoms. The fourth-order valence-corrected chi connectivity index (χ4v) is 6.43. The molecular weight excluding hydrogens is 276 g/mol. The van der Waals surface area contributed by atoms with E-state index >= 15 is 0 Å². The molecule has 3 fully saturated rings. The van der Waals surface area contributed by atoms with E-state index in [1.807, 2.05) is 0 Å². The van der Waals surface area contributed by atoms with Gasteiger partial charge in [0.2, 0.25) is 0 Å². The summed E-state index contributed by atoms with van der Waals surface area (Å²) in [5, 5.41) is 20.1. The first-order valence-corrected chi connectivity index (χ1v) is 8.96. The summed E-state index contributed by atoms with van der Waals surface area (Å²) >= 11 is 0. The molecule has 7 atom stereocenters. The number of allylic oxidation sites excluding steroid dienone is 1. The molecule has 0 spiro atoms. The van der Waals surface area contributed by atoms with Gasteiger partial charge in [0.1, 0.15) is 6.10 Å². The number of carbonyl (C=O) groups excluding carboxylic acids is 1. The Kier molecular flexibility index (Phi) is 3.16. The lowest BCUT2D eigenvalue weighted by atomic mass is 9.48. The molecule has 0 aromatic heterocycles. The standard InChI is InChI=1S/C19H28O3/c1-18-7-5-12(20)9-11(18)3-4-13-14(18)6-8-19(2)15(13)10-16(21)17(19)22/h3,12-16,20-21H,4-10H2,1-2H3/t12-,13-,14+,15+,16-,18-,19+/m0/s1. The van der Waals surface area contributed by atoms with Gasteiger partial charge in [-0.3, -0.25) is 4.79 Å². The Hall–Kier alpha value is -0.670. The molecule has 22 heavy (non-hydrogen) atoms. The number of aliphatic hydroxyl groups is 2. The van der Waals surface area contributed by atoms with E-state index in [2.05, 4.69) is 19.9 Å². The zero-order chi connectivity index (χ0) is 15.7. The van der Waals surface area contributed by atoms with E-state index in [0.717, 1.165) is 38.5 Å². The number of hydrogen-bond acceptors (Lipinski definition) is 3. The van der Waals surface area contributed by atoms with Crippen molar-refractivity contribution in [3.63, 3.8) is 0 Å². The van der Waals surface area contributed by atoms with E-state index in [4.69, 9.17) is 0 Å². The molecular formula is C19H28O3. The normalized spacial score (nSPS) is 54.3. The average Bonchev–Trinajstić information content (AvgIpc) is 2.72. The summed E-state index contributed by atoms with van der Waals surface area (Å²) in [5.74, 6) is 1.59. The number of Topliss-reactive ketones (excluding diaryl/α,β-unsaturated/α-hetero) is 1. The lowest BCUT2D eigenvalue weighted by Gasteiger charge is -2.56. The Morgan fingerprint density at radius 3 is 2.59 bits per heavy atom. The van der Waals surface area contributed by atoms with E-state index in [1.54, 1.807) is 0 Å². The summed E-state index contributed by atoms with van der Waals surface area (Å²) < 4.78 is 0. The van der Waals surface area contributed by atoms with Crippen molar-refractivity contribution < 1.29 is 15.0 Å². The monoisotopic (exact) mass is 304 g/mol. The topological polar surface area (TPSA) is 57.5 Å². The minimum atomic E-state index is -0.736. The van der Waals surface area contributed by atoms with Crippen LogP contribution >= 0.6 is 0 Å². The highest BCUT2D eigenvalue weighted by molar-refractivity contribution is 5.91. The maximum Gasteiger partial charge on any atom is 0.167 e. The SMILES string of the molecule is C[C@@]12CC[C@@H]3[C@H](CC=C4C[C@@H](O)CC[C@@]43C)[C@H]1C[C@H](O)C2=O. The summed E-state index contributed by atoms with van der Waals surface area (Å²) in [5.41, 5.74) is 1.37. The first-order valence-electron chi connectivity index (χ1n) is 8.96. The summed E-state index contributed by atoms with van der Waals surface area (Å²) in [6, 6.07) is 0. The van der Waals surface area contributed by atoms with Gasteiger partial charge in [-0.1, -0.05) is 25.5 Å². The second-order valence-electron chi connectivity index (χ2n) is 8.73. The zero-order valence-corrected chi connectivity index (χ0v) is 13.7. The summed E-state index contributed by atoms with van der Waals surface area (Å²) in [7, 11) is 0. The number of carbonyl (C=O) groups is 1. The molecule has 0 saturated heterocycles. The van der Waals surface area contributed by atoms with Gasteiger partial charge in [0.25, 0.3) is 0 Å².